The van der Waals surface area contributed by atoms with Crippen LogP contribution in [0.5, 0.6) is 5.75 Å². The third-order valence-corrected chi connectivity index (χ3v) is 4.34. The van der Waals surface area contributed by atoms with E-state index in [2.05, 4.69) is 47.2 Å². The van der Waals surface area contributed by atoms with Gasteiger partial charge in [-0.3, -0.25) is 14.6 Å². The number of carbonyl (C=O) groups excluding carboxylic acids is 1. The Morgan fingerprint density at radius 2 is 1.71 bits per heavy atom. The topological polar surface area (TPSA) is 44.8 Å². The summed E-state index contributed by atoms with van der Waals surface area (Å²) < 4.78 is 5.99. The number of benzene rings is 1. The highest BCUT2D eigenvalue weighted by Crippen LogP contribution is 2.22. The van der Waals surface area contributed by atoms with Crippen molar-refractivity contribution in [2.24, 2.45) is 0 Å². The van der Waals surface area contributed by atoms with Crippen molar-refractivity contribution in [3.05, 3.63) is 29.3 Å². The van der Waals surface area contributed by atoms with E-state index >= 15 is 0 Å². The summed E-state index contributed by atoms with van der Waals surface area (Å²) in [6.07, 6.45) is 0. The van der Waals surface area contributed by atoms with Crippen molar-refractivity contribution < 1.29 is 9.53 Å². The number of hydrogen-bond donors (Lipinski definition) is 1. The molecule has 134 valence electrons. The van der Waals surface area contributed by atoms with Gasteiger partial charge >= 0.3 is 0 Å². The van der Waals surface area contributed by atoms with Crippen molar-refractivity contribution in [1.29, 1.82) is 0 Å². The lowest BCUT2D eigenvalue weighted by atomic mass is 10.1. The smallest absolute Gasteiger partial charge is 0.234 e. The zero-order chi connectivity index (χ0) is 17.5. The zero-order valence-electron chi connectivity index (χ0n) is 15.5. The summed E-state index contributed by atoms with van der Waals surface area (Å²) in [5.74, 6) is 1.14. The molecule has 1 amide bonds. The number of piperazine rings is 1. The molecule has 0 aliphatic carbocycles. The van der Waals surface area contributed by atoms with Gasteiger partial charge in [0, 0.05) is 38.8 Å². The molecule has 0 spiro atoms. The Kier molecular flexibility index (Phi) is 7.06. The molecule has 2 rings (SSSR count). The maximum absolute atomic E-state index is 11.8. The Hall–Kier alpha value is -1.59. The van der Waals surface area contributed by atoms with E-state index in [-0.39, 0.29) is 11.9 Å². The van der Waals surface area contributed by atoms with Crippen LogP contribution >= 0.6 is 0 Å². The van der Waals surface area contributed by atoms with Crippen molar-refractivity contribution in [2.75, 3.05) is 45.9 Å². The van der Waals surface area contributed by atoms with Crippen molar-refractivity contribution in [2.45, 2.75) is 33.7 Å². The first-order chi connectivity index (χ1) is 11.5. The lowest BCUT2D eigenvalue weighted by Gasteiger charge is -2.34. The Labute approximate surface area is 146 Å². The summed E-state index contributed by atoms with van der Waals surface area (Å²) in [7, 11) is 0. The van der Waals surface area contributed by atoms with Gasteiger partial charge in [-0.15, -0.1) is 0 Å². The SMILES string of the molecule is Cc1cccc(C)c1OCCN1CCN(CC(=O)NC(C)C)CC1. The number of para-hydroxylation sites is 1. The third-order valence-electron chi connectivity index (χ3n) is 4.34. The maximum Gasteiger partial charge on any atom is 0.234 e. The van der Waals surface area contributed by atoms with Gasteiger partial charge in [0.1, 0.15) is 12.4 Å². The first kappa shape index (κ1) is 18.7. The molecule has 24 heavy (non-hydrogen) atoms. The van der Waals surface area contributed by atoms with E-state index in [4.69, 9.17) is 4.74 Å². The fourth-order valence-electron chi connectivity index (χ4n) is 3.05. The Morgan fingerprint density at radius 3 is 2.29 bits per heavy atom. The van der Waals surface area contributed by atoms with Gasteiger partial charge in [0.15, 0.2) is 0 Å². The second-order valence-electron chi connectivity index (χ2n) is 6.91. The van der Waals surface area contributed by atoms with E-state index in [0.717, 1.165) is 38.5 Å². The van der Waals surface area contributed by atoms with Gasteiger partial charge in [0.05, 0.1) is 6.54 Å². The molecule has 1 aliphatic heterocycles. The fourth-order valence-corrected chi connectivity index (χ4v) is 3.05. The van der Waals surface area contributed by atoms with Crippen LogP contribution in [0, 0.1) is 13.8 Å². The molecule has 0 saturated carbocycles. The van der Waals surface area contributed by atoms with Gasteiger partial charge in [-0.25, -0.2) is 0 Å². The molecule has 1 fully saturated rings. The lowest BCUT2D eigenvalue weighted by Crippen LogP contribution is -2.50. The van der Waals surface area contributed by atoms with Crippen LogP contribution in [0.25, 0.3) is 0 Å². The quantitative estimate of drug-likeness (QED) is 0.827. The highest BCUT2D eigenvalue weighted by molar-refractivity contribution is 5.78. The molecule has 1 heterocycles. The summed E-state index contributed by atoms with van der Waals surface area (Å²) in [6, 6.07) is 6.44. The van der Waals surface area contributed by atoms with Gasteiger partial charge in [-0.2, -0.15) is 0 Å². The van der Waals surface area contributed by atoms with Crippen molar-refractivity contribution in [3.8, 4) is 5.75 Å². The molecule has 0 unspecified atom stereocenters. The number of amides is 1. The van der Waals surface area contributed by atoms with Crippen LogP contribution in [-0.2, 0) is 4.79 Å². The molecular weight excluding hydrogens is 302 g/mol. The minimum Gasteiger partial charge on any atom is -0.492 e. The van der Waals surface area contributed by atoms with Crippen LogP contribution in [0.3, 0.4) is 0 Å². The van der Waals surface area contributed by atoms with Gasteiger partial charge in [0.2, 0.25) is 5.91 Å². The lowest BCUT2D eigenvalue weighted by molar-refractivity contribution is -0.123. The summed E-state index contributed by atoms with van der Waals surface area (Å²) in [4.78, 5) is 16.4. The standard InChI is InChI=1S/C19H31N3O2/c1-15(2)20-18(23)14-22-10-8-21(9-11-22)12-13-24-19-16(3)6-5-7-17(19)4/h5-7,15H,8-14H2,1-4H3,(H,20,23). The highest BCUT2D eigenvalue weighted by Gasteiger charge is 2.19. The van der Waals surface area contributed by atoms with Crippen molar-refractivity contribution in [3.63, 3.8) is 0 Å². The Balaban J connectivity index is 1.67. The summed E-state index contributed by atoms with van der Waals surface area (Å²) in [6.45, 7) is 14.2. The first-order valence-electron chi connectivity index (χ1n) is 8.89. The van der Waals surface area contributed by atoms with Crippen LogP contribution in [-0.4, -0.2) is 67.6 Å². The average molecular weight is 333 g/mol. The van der Waals surface area contributed by atoms with E-state index in [1.807, 2.05) is 13.8 Å². The molecule has 0 atom stereocenters. The van der Waals surface area contributed by atoms with Crippen LogP contribution in [0.1, 0.15) is 25.0 Å². The van der Waals surface area contributed by atoms with Gasteiger partial charge < -0.3 is 10.1 Å². The molecule has 5 nitrogen and oxygen atoms in total. The number of carbonyl (C=O) groups is 1. The number of rotatable bonds is 7. The van der Waals surface area contributed by atoms with Crippen LogP contribution in [0.2, 0.25) is 0 Å². The maximum atomic E-state index is 11.8. The number of hydrogen-bond acceptors (Lipinski definition) is 4. The summed E-state index contributed by atoms with van der Waals surface area (Å²) in [5, 5.41) is 2.95. The summed E-state index contributed by atoms with van der Waals surface area (Å²) >= 11 is 0. The minimum atomic E-state index is 0.122. The molecule has 0 radical (unpaired) electrons. The van der Waals surface area contributed by atoms with Crippen molar-refractivity contribution >= 4 is 5.91 Å². The van der Waals surface area contributed by atoms with Crippen LogP contribution in [0.4, 0.5) is 0 Å². The van der Waals surface area contributed by atoms with E-state index in [9.17, 15) is 4.79 Å². The number of nitrogens with zero attached hydrogens (tertiary/aromatic N) is 2. The predicted octanol–water partition coefficient (Wildman–Crippen LogP) is 1.82. The monoisotopic (exact) mass is 333 g/mol. The molecule has 1 aliphatic rings. The highest BCUT2D eigenvalue weighted by atomic mass is 16.5. The fraction of sp³-hybridized carbons (Fsp3) is 0.632. The molecule has 1 aromatic rings. The molecule has 1 N–H and O–H groups in total. The molecule has 0 bridgehead atoms. The Morgan fingerprint density at radius 1 is 1.12 bits per heavy atom. The predicted molar refractivity (Wildman–Crippen MR) is 97.6 cm³/mol. The largest absolute Gasteiger partial charge is 0.492 e. The first-order valence-corrected chi connectivity index (χ1v) is 8.89. The minimum absolute atomic E-state index is 0.122. The molecule has 0 aromatic heterocycles. The Bertz CT molecular complexity index is 517. The van der Waals surface area contributed by atoms with Crippen molar-refractivity contribution in [1.82, 2.24) is 15.1 Å². The van der Waals surface area contributed by atoms with E-state index in [1.54, 1.807) is 0 Å². The van der Waals surface area contributed by atoms with E-state index in [1.165, 1.54) is 11.1 Å². The molecule has 5 heteroatoms. The summed E-state index contributed by atoms with van der Waals surface area (Å²) in [5.41, 5.74) is 2.38. The second-order valence-corrected chi connectivity index (χ2v) is 6.91. The number of nitrogens with one attached hydrogen (secondary N) is 1. The van der Waals surface area contributed by atoms with Gasteiger partial charge in [-0.05, 0) is 38.8 Å². The number of ether oxygens (including phenoxy) is 1. The van der Waals surface area contributed by atoms with E-state index < -0.39 is 0 Å². The van der Waals surface area contributed by atoms with E-state index in [0.29, 0.717) is 13.2 Å². The third kappa shape index (κ3) is 5.80. The van der Waals surface area contributed by atoms with Gasteiger partial charge in [-0.1, -0.05) is 18.2 Å². The normalized spacial score (nSPS) is 16.4. The number of aryl methyl sites for hydroxylation is 2. The molecule has 1 saturated heterocycles. The molecule has 1 aromatic carbocycles. The van der Waals surface area contributed by atoms with Crippen LogP contribution < -0.4 is 10.1 Å². The zero-order valence-corrected chi connectivity index (χ0v) is 15.5. The average Bonchev–Trinajstić information content (AvgIpc) is 2.51. The molecular formula is C19H31N3O2. The van der Waals surface area contributed by atoms with Gasteiger partial charge in [0.25, 0.3) is 0 Å². The second kappa shape index (κ2) is 9.04. The van der Waals surface area contributed by atoms with Crippen LogP contribution in [0.15, 0.2) is 18.2 Å².